The van der Waals surface area contributed by atoms with E-state index in [4.69, 9.17) is 4.74 Å². The quantitative estimate of drug-likeness (QED) is 0.454. The first kappa shape index (κ1) is 15.6. The number of unbranched alkanes of at least 4 members (excludes halogenated alkanes) is 1. The van der Waals surface area contributed by atoms with Gasteiger partial charge in [-0.05, 0) is 18.1 Å². The second-order valence-corrected chi connectivity index (χ2v) is 4.55. The van der Waals surface area contributed by atoms with E-state index in [2.05, 4.69) is 20.3 Å². The summed E-state index contributed by atoms with van der Waals surface area (Å²) in [5.41, 5.74) is 0.645. The number of aromatic nitrogens is 3. The molecule has 22 heavy (non-hydrogen) atoms. The number of hydrogen-bond donors (Lipinski definition) is 1. The van der Waals surface area contributed by atoms with Crippen LogP contribution in [0.2, 0.25) is 0 Å². The van der Waals surface area contributed by atoms with Crippen molar-refractivity contribution in [3.05, 3.63) is 46.5 Å². The van der Waals surface area contributed by atoms with Crippen LogP contribution < -0.4 is 10.1 Å². The Morgan fingerprint density at radius 2 is 2.27 bits per heavy atom. The van der Waals surface area contributed by atoms with Gasteiger partial charge in [0.15, 0.2) is 0 Å². The smallest absolute Gasteiger partial charge is 0.372 e. The van der Waals surface area contributed by atoms with Crippen LogP contribution >= 0.6 is 0 Å². The number of ether oxygens (including phenoxy) is 1. The molecular weight excluding hydrogens is 286 g/mol. The van der Waals surface area contributed by atoms with Crippen molar-refractivity contribution in [2.45, 2.75) is 26.3 Å². The van der Waals surface area contributed by atoms with Gasteiger partial charge in [0, 0.05) is 18.9 Å². The van der Waals surface area contributed by atoms with Crippen molar-refractivity contribution in [3.8, 4) is 5.88 Å². The summed E-state index contributed by atoms with van der Waals surface area (Å²) < 4.78 is 5.39. The van der Waals surface area contributed by atoms with E-state index in [0.717, 1.165) is 18.4 Å². The van der Waals surface area contributed by atoms with Crippen LogP contribution in [-0.4, -0.2) is 26.5 Å². The molecule has 8 heteroatoms. The van der Waals surface area contributed by atoms with E-state index in [-0.39, 0.29) is 17.4 Å². The Balaban J connectivity index is 2.15. The molecule has 2 aromatic heterocycles. The zero-order chi connectivity index (χ0) is 15.8. The first-order valence-electron chi connectivity index (χ1n) is 6.97. The minimum Gasteiger partial charge on any atom is -0.473 e. The van der Waals surface area contributed by atoms with Gasteiger partial charge in [-0.25, -0.2) is 4.98 Å². The van der Waals surface area contributed by atoms with E-state index < -0.39 is 4.92 Å². The van der Waals surface area contributed by atoms with Gasteiger partial charge in [-0.3, -0.25) is 15.1 Å². The van der Waals surface area contributed by atoms with Crippen LogP contribution in [0.15, 0.2) is 30.9 Å². The van der Waals surface area contributed by atoms with Crippen LogP contribution in [0.3, 0.4) is 0 Å². The zero-order valence-corrected chi connectivity index (χ0v) is 12.2. The number of pyridine rings is 1. The lowest BCUT2D eigenvalue weighted by Crippen LogP contribution is -2.08. The van der Waals surface area contributed by atoms with E-state index in [1.54, 1.807) is 18.5 Å². The minimum absolute atomic E-state index is 0.0119. The van der Waals surface area contributed by atoms with Gasteiger partial charge in [-0.2, -0.15) is 4.98 Å². The largest absolute Gasteiger partial charge is 0.473 e. The Bertz CT molecular complexity index is 621. The zero-order valence-electron chi connectivity index (χ0n) is 12.2. The Morgan fingerprint density at radius 3 is 2.95 bits per heavy atom. The van der Waals surface area contributed by atoms with Crippen LogP contribution in [0, 0.1) is 10.1 Å². The predicted molar refractivity (Wildman–Crippen MR) is 80.7 cm³/mol. The van der Waals surface area contributed by atoms with Gasteiger partial charge < -0.3 is 10.1 Å². The second-order valence-electron chi connectivity index (χ2n) is 4.55. The van der Waals surface area contributed by atoms with E-state index in [1.807, 2.05) is 13.0 Å². The lowest BCUT2D eigenvalue weighted by atomic mass is 10.3. The van der Waals surface area contributed by atoms with Gasteiger partial charge in [-0.15, -0.1) is 0 Å². The Morgan fingerprint density at radius 1 is 1.41 bits per heavy atom. The summed E-state index contributed by atoms with van der Waals surface area (Å²) in [6.07, 6.45) is 6.33. The molecule has 2 heterocycles. The van der Waals surface area contributed by atoms with Crippen LogP contribution in [0.1, 0.15) is 25.3 Å². The maximum Gasteiger partial charge on any atom is 0.372 e. The Labute approximate surface area is 127 Å². The van der Waals surface area contributed by atoms with Gasteiger partial charge in [-0.1, -0.05) is 19.4 Å². The molecular formula is C14H17N5O3. The number of nitrogens with zero attached hydrogens (tertiary/aromatic N) is 4. The molecule has 0 spiro atoms. The molecule has 0 aliphatic heterocycles. The number of nitrogens with one attached hydrogen (secondary N) is 1. The highest BCUT2D eigenvalue weighted by Crippen LogP contribution is 2.31. The first-order chi connectivity index (χ1) is 10.7. The van der Waals surface area contributed by atoms with Crippen molar-refractivity contribution in [1.29, 1.82) is 0 Å². The summed E-state index contributed by atoms with van der Waals surface area (Å²) in [6, 6.07) is 3.66. The summed E-state index contributed by atoms with van der Waals surface area (Å²) in [5, 5.41) is 14.2. The summed E-state index contributed by atoms with van der Waals surface area (Å²) in [7, 11) is 0. The summed E-state index contributed by atoms with van der Waals surface area (Å²) in [6.45, 7) is 2.77. The highest BCUT2D eigenvalue weighted by Gasteiger charge is 2.24. The van der Waals surface area contributed by atoms with E-state index >= 15 is 0 Å². The van der Waals surface area contributed by atoms with Gasteiger partial charge >= 0.3 is 5.69 Å². The van der Waals surface area contributed by atoms with Crippen LogP contribution in [0.4, 0.5) is 11.5 Å². The fraction of sp³-hybridized carbons (Fsp3) is 0.357. The number of anilines is 1. The molecule has 0 atom stereocenters. The topological polar surface area (TPSA) is 103 Å². The van der Waals surface area contributed by atoms with Crippen LogP contribution in [0.5, 0.6) is 5.88 Å². The number of nitro groups is 1. The third-order valence-electron chi connectivity index (χ3n) is 2.89. The molecule has 0 radical (unpaired) electrons. The maximum atomic E-state index is 11.3. The fourth-order valence-corrected chi connectivity index (χ4v) is 1.76. The van der Waals surface area contributed by atoms with E-state index in [9.17, 15) is 10.1 Å². The molecule has 0 bridgehead atoms. The summed E-state index contributed by atoms with van der Waals surface area (Å²) in [5.74, 6) is 0.123. The number of rotatable bonds is 8. The lowest BCUT2D eigenvalue weighted by molar-refractivity contribution is -0.385. The Hall–Kier alpha value is -2.77. The van der Waals surface area contributed by atoms with E-state index in [0.29, 0.717) is 13.2 Å². The molecule has 0 saturated heterocycles. The van der Waals surface area contributed by atoms with Gasteiger partial charge in [0.25, 0.3) is 5.88 Å². The molecule has 0 amide bonds. The molecule has 0 unspecified atom stereocenters. The van der Waals surface area contributed by atoms with Gasteiger partial charge in [0.1, 0.15) is 6.33 Å². The van der Waals surface area contributed by atoms with Crippen molar-refractivity contribution in [2.75, 3.05) is 11.9 Å². The SMILES string of the molecule is CCCCOc1ncnc(NCc2cccnc2)c1[N+](=O)[O-]. The van der Waals surface area contributed by atoms with Gasteiger partial charge in [0.2, 0.25) is 5.82 Å². The van der Waals surface area contributed by atoms with Crippen molar-refractivity contribution in [3.63, 3.8) is 0 Å². The molecule has 2 rings (SSSR count). The standard InChI is InChI=1S/C14H17N5O3/c1-2-3-7-22-14-12(19(20)21)13(17-10-18-14)16-9-11-5-4-6-15-8-11/h4-6,8,10H,2-3,7,9H2,1H3,(H,16,17,18). The average molecular weight is 303 g/mol. The van der Waals surface area contributed by atoms with Crippen molar-refractivity contribution < 1.29 is 9.66 Å². The highest BCUT2D eigenvalue weighted by atomic mass is 16.6. The van der Waals surface area contributed by atoms with E-state index in [1.165, 1.54) is 6.33 Å². The van der Waals surface area contributed by atoms with Crippen molar-refractivity contribution in [1.82, 2.24) is 15.0 Å². The molecule has 2 aromatic rings. The fourth-order valence-electron chi connectivity index (χ4n) is 1.76. The van der Waals surface area contributed by atoms with Crippen LogP contribution in [-0.2, 0) is 6.54 Å². The summed E-state index contributed by atoms with van der Waals surface area (Å²) >= 11 is 0. The monoisotopic (exact) mass is 303 g/mol. The van der Waals surface area contributed by atoms with Crippen molar-refractivity contribution in [2.24, 2.45) is 0 Å². The number of hydrogen-bond acceptors (Lipinski definition) is 7. The highest BCUT2D eigenvalue weighted by molar-refractivity contribution is 5.61. The minimum atomic E-state index is -0.535. The average Bonchev–Trinajstić information content (AvgIpc) is 2.54. The Kier molecular flexibility index (Phi) is 5.58. The third kappa shape index (κ3) is 4.11. The molecule has 0 saturated carbocycles. The third-order valence-corrected chi connectivity index (χ3v) is 2.89. The molecule has 0 aliphatic rings. The normalized spacial score (nSPS) is 10.2. The molecule has 8 nitrogen and oxygen atoms in total. The first-order valence-corrected chi connectivity index (χ1v) is 6.97. The molecule has 0 aliphatic carbocycles. The van der Waals surface area contributed by atoms with Crippen molar-refractivity contribution >= 4 is 11.5 Å². The van der Waals surface area contributed by atoms with Gasteiger partial charge in [0.05, 0.1) is 11.5 Å². The molecule has 1 N–H and O–H groups in total. The molecule has 0 aromatic carbocycles. The predicted octanol–water partition coefficient (Wildman–Crippen LogP) is 2.57. The molecule has 0 fully saturated rings. The van der Waals surface area contributed by atoms with Crippen LogP contribution in [0.25, 0.3) is 0 Å². The second kappa shape index (κ2) is 7.87. The summed E-state index contributed by atoms with van der Waals surface area (Å²) in [4.78, 5) is 22.5. The molecule has 116 valence electrons. The maximum absolute atomic E-state index is 11.3. The lowest BCUT2D eigenvalue weighted by Gasteiger charge is -2.09.